The number of carbonyl (C=O) groups excluding carboxylic acids is 2. The molecule has 1 heterocycles. The monoisotopic (exact) mass is 400 g/mol. The van der Waals surface area contributed by atoms with Gasteiger partial charge in [-0.3, -0.25) is 4.79 Å². The summed E-state index contributed by atoms with van der Waals surface area (Å²) < 4.78 is 5.20. The molecule has 7 unspecified atom stereocenters. The molecule has 1 N–H and O–H groups in total. The van der Waals surface area contributed by atoms with Crippen molar-refractivity contribution in [2.75, 3.05) is 6.61 Å². The average molecular weight is 401 g/mol. The lowest BCUT2D eigenvalue weighted by Crippen LogP contribution is -2.71. The first-order valence-electron chi connectivity index (χ1n) is 11.6. The Bertz CT molecular complexity index is 816. The molecule has 0 radical (unpaired) electrons. The second-order valence-electron chi connectivity index (χ2n) is 11.9. The number of carbonyl (C=O) groups is 2. The van der Waals surface area contributed by atoms with Crippen LogP contribution in [0.2, 0.25) is 0 Å². The van der Waals surface area contributed by atoms with Crippen LogP contribution < -0.4 is 0 Å². The number of aliphatic hydroxyl groups excluding tert-OH is 1. The molecule has 160 valence electrons. The van der Waals surface area contributed by atoms with Gasteiger partial charge in [-0.15, -0.1) is 0 Å². The quantitative estimate of drug-likeness (QED) is 0.654. The van der Waals surface area contributed by atoms with E-state index in [4.69, 9.17) is 4.74 Å². The number of aliphatic hydroxyl groups is 1. The van der Waals surface area contributed by atoms with E-state index >= 15 is 0 Å². The van der Waals surface area contributed by atoms with Gasteiger partial charge in [-0.2, -0.15) is 0 Å². The fourth-order valence-electron chi connectivity index (χ4n) is 9.01. The zero-order valence-electron chi connectivity index (χ0n) is 18.5. The van der Waals surface area contributed by atoms with Gasteiger partial charge in [0.15, 0.2) is 0 Å². The molecule has 7 atom stereocenters. The Morgan fingerprint density at radius 2 is 1.69 bits per heavy atom. The second kappa shape index (κ2) is 5.75. The molecule has 4 nitrogen and oxygen atoms in total. The Morgan fingerprint density at radius 1 is 0.931 bits per heavy atom. The van der Waals surface area contributed by atoms with E-state index in [0.29, 0.717) is 12.4 Å². The van der Waals surface area contributed by atoms with E-state index in [2.05, 4.69) is 27.7 Å². The molecule has 1 aliphatic heterocycles. The van der Waals surface area contributed by atoms with Crippen LogP contribution in [-0.4, -0.2) is 29.6 Å². The molecular formula is C25H36O4. The Morgan fingerprint density at radius 3 is 2.38 bits per heavy atom. The minimum atomic E-state index is -0.379. The number of ketones is 1. The maximum Gasteiger partial charge on any atom is 0.331 e. The predicted molar refractivity (Wildman–Crippen MR) is 110 cm³/mol. The Labute approximate surface area is 174 Å². The summed E-state index contributed by atoms with van der Waals surface area (Å²) in [4.78, 5) is 26.0. The van der Waals surface area contributed by atoms with E-state index in [9.17, 15) is 14.7 Å². The highest BCUT2D eigenvalue weighted by molar-refractivity contribution is 5.94. The van der Waals surface area contributed by atoms with E-state index in [-0.39, 0.29) is 45.1 Å². The topological polar surface area (TPSA) is 63.6 Å². The van der Waals surface area contributed by atoms with Crippen molar-refractivity contribution < 1.29 is 19.4 Å². The maximum atomic E-state index is 14.3. The van der Waals surface area contributed by atoms with Crippen LogP contribution in [0.25, 0.3) is 0 Å². The van der Waals surface area contributed by atoms with Crippen LogP contribution in [0.5, 0.6) is 0 Å². The molecule has 2 bridgehead atoms. The summed E-state index contributed by atoms with van der Waals surface area (Å²) in [5.41, 5.74) is 0.561. The summed E-state index contributed by atoms with van der Waals surface area (Å²) in [6, 6.07) is 0. The number of ether oxygens (including phenoxy) is 1. The standard InChI is InChI=1S/C25H36O4/c1-21-9-12-25-8-6-18(16-13-19(27)29-15-16)22(2,20(25)28)10-11-24(25,4)23(21,3)7-5-17(26)14-21/h13,17-18,26H,5-12,14-15H2,1-4H3. The summed E-state index contributed by atoms with van der Waals surface area (Å²) in [6.45, 7) is 9.77. The zero-order valence-corrected chi connectivity index (χ0v) is 18.5. The first-order valence-corrected chi connectivity index (χ1v) is 11.6. The summed E-state index contributed by atoms with van der Waals surface area (Å²) in [6.07, 6.45) is 10.1. The van der Waals surface area contributed by atoms with Gasteiger partial charge in [0.2, 0.25) is 0 Å². The Hall–Kier alpha value is -1.16. The van der Waals surface area contributed by atoms with Crippen molar-refractivity contribution in [3.63, 3.8) is 0 Å². The Balaban J connectivity index is 1.57. The number of hydrogen-bond acceptors (Lipinski definition) is 4. The van der Waals surface area contributed by atoms with E-state index in [1.54, 1.807) is 6.08 Å². The molecular weight excluding hydrogens is 364 g/mol. The fourth-order valence-corrected chi connectivity index (χ4v) is 9.01. The van der Waals surface area contributed by atoms with Crippen molar-refractivity contribution in [2.24, 2.45) is 33.0 Å². The number of esters is 1. The van der Waals surface area contributed by atoms with Crippen LogP contribution in [0.15, 0.2) is 11.6 Å². The third-order valence-electron chi connectivity index (χ3n) is 11.2. The second-order valence-corrected chi connectivity index (χ2v) is 11.9. The van der Waals surface area contributed by atoms with Crippen LogP contribution >= 0.6 is 0 Å². The van der Waals surface area contributed by atoms with E-state index in [0.717, 1.165) is 63.4 Å². The van der Waals surface area contributed by atoms with Gasteiger partial charge < -0.3 is 9.84 Å². The van der Waals surface area contributed by atoms with Gasteiger partial charge in [0.25, 0.3) is 0 Å². The van der Waals surface area contributed by atoms with Crippen LogP contribution in [0.1, 0.15) is 85.5 Å². The predicted octanol–water partition coefficient (Wildman–Crippen LogP) is 4.59. The number of Topliss-reactive ketones (excluding diaryl/α,β-unsaturated/α-hetero) is 1. The van der Waals surface area contributed by atoms with Crippen molar-refractivity contribution in [2.45, 2.75) is 91.6 Å². The van der Waals surface area contributed by atoms with Gasteiger partial charge in [0, 0.05) is 16.9 Å². The minimum Gasteiger partial charge on any atom is -0.458 e. The molecule has 0 saturated heterocycles. The lowest BCUT2D eigenvalue weighted by atomic mass is 9.29. The number of rotatable bonds is 1. The van der Waals surface area contributed by atoms with Crippen molar-refractivity contribution in [3.05, 3.63) is 11.6 Å². The summed E-state index contributed by atoms with van der Waals surface area (Å²) in [7, 11) is 0. The van der Waals surface area contributed by atoms with Crippen molar-refractivity contribution in [1.29, 1.82) is 0 Å². The lowest BCUT2D eigenvalue weighted by Gasteiger charge is -2.74. The molecule has 0 aromatic carbocycles. The summed E-state index contributed by atoms with van der Waals surface area (Å²) in [5, 5.41) is 10.4. The molecule has 1 spiro atoms. The molecule has 0 aromatic rings. The molecule has 4 fully saturated rings. The highest BCUT2D eigenvalue weighted by Crippen LogP contribution is 2.78. The summed E-state index contributed by atoms with van der Waals surface area (Å²) in [5.74, 6) is 0.356. The Kier molecular flexibility index (Phi) is 3.92. The minimum absolute atomic E-state index is 0.0227. The smallest absolute Gasteiger partial charge is 0.331 e. The van der Waals surface area contributed by atoms with Crippen LogP contribution in [-0.2, 0) is 14.3 Å². The van der Waals surface area contributed by atoms with Crippen molar-refractivity contribution in [3.8, 4) is 0 Å². The maximum absolute atomic E-state index is 14.3. The third-order valence-corrected chi connectivity index (χ3v) is 11.2. The highest BCUT2D eigenvalue weighted by atomic mass is 16.5. The van der Waals surface area contributed by atoms with E-state index in [1.165, 1.54) is 0 Å². The molecule has 5 rings (SSSR count). The van der Waals surface area contributed by atoms with Gasteiger partial charge >= 0.3 is 5.97 Å². The largest absolute Gasteiger partial charge is 0.458 e. The van der Waals surface area contributed by atoms with Crippen LogP contribution in [0.3, 0.4) is 0 Å². The normalized spacial score (nSPS) is 54.3. The SMILES string of the molecule is CC12CCC3(C)C(CCC1C1=CC(=O)OC1)(CCC1(C)CC(O)CCC13C)C2=O. The molecule has 29 heavy (non-hydrogen) atoms. The molecule has 4 aliphatic carbocycles. The van der Waals surface area contributed by atoms with Crippen LogP contribution in [0, 0.1) is 33.0 Å². The fraction of sp³-hybridized carbons (Fsp3) is 0.840. The van der Waals surface area contributed by atoms with Gasteiger partial charge in [-0.05, 0) is 85.5 Å². The molecule has 0 amide bonds. The van der Waals surface area contributed by atoms with Crippen LogP contribution in [0.4, 0.5) is 0 Å². The number of fused-ring (bicyclic) bond motifs is 3. The van der Waals surface area contributed by atoms with Gasteiger partial charge in [0.1, 0.15) is 12.4 Å². The van der Waals surface area contributed by atoms with E-state index in [1.807, 2.05) is 0 Å². The van der Waals surface area contributed by atoms with Gasteiger partial charge in [-0.1, -0.05) is 27.7 Å². The third kappa shape index (κ3) is 2.15. The molecule has 0 aromatic heterocycles. The first-order chi connectivity index (χ1) is 13.5. The van der Waals surface area contributed by atoms with E-state index < -0.39 is 0 Å². The average Bonchev–Trinajstić information content (AvgIpc) is 3.08. The molecule has 4 saturated carbocycles. The van der Waals surface area contributed by atoms with Crippen molar-refractivity contribution >= 4 is 11.8 Å². The zero-order chi connectivity index (χ0) is 20.9. The first kappa shape index (κ1) is 19.8. The molecule has 4 heteroatoms. The van der Waals surface area contributed by atoms with Gasteiger partial charge in [-0.25, -0.2) is 4.79 Å². The molecule has 5 aliphatic rings. The lowest BCUT2D eigenvalue weighted by molar-refractivity contribution is -0.246. The number of cyclic esters (lactones) is 1. The highest BCUT2D eigenvalue weighted by Gasteiger charge is 2.75. The summed E-state index contributed by atoms with van der Waals surface area (Å²) >= 11 is 0. The number of hydrogen-bond donors (Lipinski definition) is 1. The van der Waals surface area contributed by atoms with Crippen molar-refractivity contribution in [1.82, 2.24) is 0 Å². The van der Waals surface area contributed by atoms with Gasteiger partial charge in [0.05, 0.1) is 6.10 Å².